The third-order valence-corrected chi connectivity index (χ3v) is 4.20. The maximum atomic E-state index is 6.07. The van der Waals surface area contributed by atoms with Crippen LogP contribution in [-0.4, -0.2) is 41.3 Å². The van der Waals surface area contributed by atoms with E-state index in [9.17, 15) is 0 Å². The van der Waals surface area contributed by atoms with Gasteiger partial charge in [0.1, 0.15) is 5.75 Å². The first-order valence-electron chi connectivity index (χ1n) is 7.99. The zero-order valence-electron chi connectivity index (χ0n) is 13.8. The summed E-state index contributed by atoms with van der Waals surface area (Å²) < 4.78 is 11.3. The number of hydrogen-bond acceptors (Lipinski definition) is 5. The van der Waals surface area contributed by atoms with Crippen molar-refractivity contribution < 1.29 is 9.26 Å². The van der Waals surface area contributed by atoms with Crippen molar-refractivity contribution >= 4 is 11.6 Å². The van der Waals surface area contributed by atoms with E-state index in [1.807, 2.05) is 26.0 Å². The van der Waals surface area contributed by atoms with Crippen molar-refractivity contribution in [2.24, 2.45) is 5.92 Å². The minimum absolute atomic E-state index is 0.0487. The van der Waals surface area contributed by atoms with Gasteiger partial charge < -0.3 is 14.2 Å². The molecule has 0 radical (unpaired) electrons. The Morgan fingerprint density at radius 3 is 2.96 bits per heavy atom. The summed E-state index contributed by atoms with van der Waals surface area (Å²) in [6.45, 7) is 6.17. The highest BCUT2D eigenvalue weighted by atomic mass is 35.5. The largest absolute Gasteiger partial charge is 0.490 e. The van der Waals surface area contributed by atoms with Crippen LogP contribution in [0.1, 0.15) is 26.2 Å². The molecule has 1 aromatic heterocycles. The van der Waals surface area contributed by atoms with Gasteiger partial charge in [0.25, 0.3) is 0 Å². The maximum absolute atomic E-state index is 6.07. The Kier molecular flexibility index (Phi) is 4.87. The van der Waals surface area contributed by atoms with E-state index in [4.69, 9.17) is 20.9 Å². The molecule has 1 fully saturated rings. The summed E-state index contributed by atoms with van der Waals surface area (Å²) in [6, 6.07) is 5.48. The van der Waals surface area contributed by atoms with Crippen LogP contribution in [0, 0.1) is 5.92 Å². The molecule has 1 atom stereocenters. The molecule has 1 aliphatic heterocycles. The Labute approximate surface area is 141 Å². The second-order valence-corrected chi connectivity index (χ2v) is 6.88. The van der Waals surface area contributed by atoms with Gasteiger partial charge in [0.2, 0.25) is 11.7 Å². The summed E-state index contributed by atoms with van der Waals surface area (Å²) >= 11 is 6.07. The zero-order valence-corrected chi connectivity index (χ0v) is 14.5. The molecule has 0 N–H and O–H groups in total. The first-order valence-corrected chi connectivity index (χ1v) is 8.36. The zero-order chi connectivity index (χ0) is 16.4. The molecule has 1 aliphatic rings. The summed E-state index contributed by atoms with van der Waals surface area (Å²) in [5.74, 6) is 2.51. The number of likely N-dealkylation sites (tertiary alicyclic amines) is 1. The molecule has 0 aliphatic carbocycles. The SMILES string of the molecule is CC(C)Oc1cc(Cl)ccc1-c1noc(CC2CCN(C)C2)n1. The van der Waals surface area contributed by atoms with Crippen molar-refractivity contribution in [3.05, 3.63) is 29.1 Å². The second-order valence-electron chi connectivity index (χ2n) is 6.44. The standard InChI is InChI=1S/C17H22ClN3O2/c1-11(2)22-15-9-13(18)4-5-14(15)17-19-16(23-20-17)8-12-6-7-21(3)10-12/h4-5,9,11-12H,6-8,10H2,1-3H3. The van der Waals surface area contributed by atoms with E-state index in [0.717, 1.165) is 25.1 Å². The van der Waals surface area contributed by atoms with Crippen molar-refractivity contribution in [3.8, 4) is 17.1 Å². The summed E-state index contributed by atoms with van der Waals surface area (Å²) in [7, 11) is 2.14. The van der Waals surface area contributed by atoms with Crippen LogP contribution in [0.3, 0.4) is 0 Å². The lowest BCUT2D eigenvalue weighted by Crippen LogP contribution is -2.15. The summed E-state index contributed by atoms with van der Waals surface area (Å²) in [6.07, 6.45) is 2.05. The highest BCUT2D eigenvalue weighted by molar-refractivity contribution is 6.30. The van der Waals surface area contributed by atoms with Crippen LogP contribution < -0.4 is 4.74 Å². The molecule has 5 nitrogen and oxygen atoms in total. The quantitative estimate of drug-likeness (QED) is 0.834. The van der Waals surface area contributed by atoms with Gasteiger partial charge in [-0.2, -0.15) is 4.98 Å². The summed E-state index contributed by atoms with van der Waals surface area (Å²) in [5.41, 5.74) is 0.807. The first-order chi connectivity index (χ1) is 11.0. The number of halogens is 1. The third-order valence-electron chi connectivity index (χ3n) is 3.97. The number of aromatic nitrogens is 2. The van der Waals surface area contributed by atoms with E-state index < -0.39 is 0 Å². The molecule has 124 valence electrons. The van der Waals surface area contributed by atoms with Gasteiger partial charge in [-0.1, -0.05) is 16.8 Å². The third kappa shape index (κ3) is 4.03. The first kappa shape index (κ1) is 16.3. The van der Waals surface area contributed by atoms with E-state index in [0.29, 0.717) is 28.4 Å². The fourth-order valence-corrected chi connectivity index (χ4v) is 3.08. The molecule has 1 unspecified atom stereocenters. The number of hydrogen-bond donors (Lipinski definition) is 0. The van der Waals surface area contributed by atoms with Crippen LogP contribution in [0.4, 0.5) is 0 Å². The van der Waals surface area contributed by atoms with Crippen molar-refractivity contribution in [1.82, 2.24) is 15.0 Å². The predicted octanol–water partition coefficient (Wildman–Crippen LogP) is 3.67. The lowest BCUT2D eigenvalue weighted by molar-refractivity contribution is 0.243. The lowest BCUT2D eigenvalue weighted by Gasteiger charge is -2.12. The monoisotopic (exact) mass is 335 g/mol. The molecule has 1 saturated heterocycles. The summed E-state index contributed by atoms with van der Waals surface area (Å²) in [4.78, 5) is 6.88. The van der Waals surface area contributed by atoms with E-state index >= 15 is 0 Å². The molecule has 2 heterocycles. The lowest BCUT2D eigenvalue weighted by atomic mass is 10.1. The number of rotatable bonds is 5. The number of benzene rings is 1. The van der Waals surface area contributed by atoms with Gasteiger partial charge in [-0.05, 0) is 58.0 Å². The smallest absolute Gasteiger partial charge is 0.227 e. The van der Waals surface area contributed by atoms with Crippen LogP contribution in [0.25, 0.3) is 11.4 Å². The van der Waals surface area contributed by atoms with Crippen LogP contribution in [0.2, 0.25) is 5.02 Å². The molecule has 3 rings (SSSR count). The minimum atomic E-state index is 0.0487. The Morgan fingerprint density at radius 2 is 2.26 bits per heavy atom. The molecule has 2 aromatic rings. The summed E-state index contributed by atoms with van der Waals surface area (Å²) in [5, 5.41) is 4.75. The van der Waals surface area contributed by atoms with Crippen LogP contribution in [0.5, 0.6) is 5.75 Å². The molecule has 0 bridgehead atoms. The molecular formula is C17H22ClN3O2. The Bertz CT molecular complexity index is 672. The molecule has 0 amide bonds. The average Bonchev–Trinajstić information content (AvgIpc) is 3.08. The van der Waals surface area contributed by atoms with Crippen LogP contribution in [-0.2, 0) is 6.42 Å². The molecule has 0 saturated carbocycles. The van der Waals surface area contributed by atoms with E-state index in [-0.39, 0.29) is 6.10 Å². The van der Waals surface area contributed by atoms with Crippen molar-refractivity contribution in [2.75, 3.05) is 20.1 Å². The molecular weight excluding hydrogens is 314 g/mol. The average molecular weight is 336 g/mol. The van der Waals surface area contributed by atoms with Gasteiger partial charge in [-0.25, -0.2) is 0 Å². The van der Waals surface area contributed by atoms with Crippen molar-refractivity contribution in [1.29, 1.82) is 0 Å². The van der Waals surface area contributed by atoms with E-state index in [2.05, 4.69) is 22.1 Å². The fourth-order valence-electron chi connectivity index (χ4n) is 2.92. The topological polar surface area (TPSA) is 51.4 Å². The van der Waals surface area contributed by atoms with Gasteiger partial charge in [0, 0.05) is 18.0 Å². The highest BCUT2D eigenvalue weighted by Gasteiger charge is 2.23. The number of nitrogens with zero attached hydrogens (tertiary/aromatic N) is 3. The Morgan fingerprint density at radius 1 is 1.43 bits per heavy atom. The maximum Gasteiger partial charge on any atom is 0.227 e. The normalized spacial score (nSPS) is 18.7. The van der Waals surface area contributed by atoms with Crippen LogP contribution >= 0.6 is 11.6 Å². The number of ether oxygens (including phenoxy) is 1. The predicted molar refractivity (Wildman–Crippen MR) is 89.8 cm³/mol. The van der Waals surface area contributed by atoms with Gasteiger partial charge in [-0.3, -0.25) is 0 Å². The van der Waals surface area contributed by atoms with Gasteiger partial charge in [0.15, 0.2) is 0 Å². The molecule has 0 spiro atoms. The van der Waals surface area contributed by atoms with Crippen molar-refractivity contribution in [3.63, 3.8) is 0 Å². The Hall–Kier alpha value is -1.59. The minimum Gasteiger partial charge on any atom is -0.490 e. The fraction of sp³-hybridized carbons (Fsp3) is 0.529. The van der Waals surface area contributed by atoms with Crippen LogP contribution in [0.15, 0.2) is 22.7 Å². The van der Waals surface area contributed by atoms with Gasteiger partial charge in [-0.15, -0.1) is 0 Å². The molecule has 1 aromatic carbocycles. The van der Waals surface area contributed by atoms with Gasteiger partial charge in [0.05, 0.1) is 11.7 Å². The second kappa shape index (κ2) is 6.89. The van der Waals surface area contributed by atoms with E-state index in [1.54, 1.807) is 6.07 Å². The molecule has 6 heteroatoms. The Balaban J connectivity index is 1.79. The highest BCUT2D eigenvalue weighted by Crippen LogP contribution is 2.32. The van der Waals surface area contributed by atoms with Gasteiger partial charge >= 0.3 is 0 Å². The molecule has 23 heavy (non-hydrogen) atoms. The van der Waals surface area contributed by atoms with Crippen molar-refractivity contribution in [2.45, 2.75) is 32.8 Å². The van der Waals surface area contributed by atoms with E-state index in [1.165, 1.54) is 6.42 Å².